The molecule has 0 heterocycles. The summed E-state index contributed by atoms with van der Waals surface area (Å²) in [6, 6.07) is 8.13. The second kappa shape index (κ2) is 6.40. The number of methoxy groups -OCH3 is 1. The third-order valence-electron chi connectivity index (χ3n) is 1.96. The largest absolute Gasteiger partial charge is 0.469 e. The highest BCUT2D eigenvalue weighted by Gasteiger charge is 1.94. The molecule has 0 N–H and O–H groups in total. The van der Waals surface area contributed by atoms with Gasteiger partial charge in [0.05, 0.1) is 13.5 Å². The van der Waals surface area contributed by atoms with Crippen LogP contribution in [0.5, 0.6) is 0 Å². The number of rotatable bonds is 4. The number of hydrogen-bond donors (Lipinski definition) is 0. The minimum atomic E-state index is -0.219. The fourth-order valence-corrected chi connectivity index (χ4v) is 1.47. The zero-order chi connectivity index (χ0) is 11.1. The summed E-state index contributed by atoms with van der Waals surface area (Å²) >= 11 is 3.38. The quantitative estimate of drug-likeness (QED) is 0.620. The Balaban J connectivity index is 2.53. The molecule has 1 aromatic rings. The summed E-state index contributed by atoms with van der Waals surface area (Å²) < 4.78 is 4.53. The van der Waals surface area contributed by atoms with Gasteiger partial charge in [-0.25, -0.2) is 0 Å². The van der Waals surface area contributed by atoms with Crippen molar-refractivity contribution in [2.45, 2.75) is 11.8 Å². The molecule has 0 aliphatic heterocycles. The Morgan fingerprint density at radius 1 is 1.40 bits per heavy atom. The highest BCUT2D eigenvalue weighted by Crippen LogP contribution is 2.09. The molecular weight excluding hydrogens is 256 g/mol. The highest BCUT2D eigenvalue weighted by atomic mass is 79.9. The summed E-state index contributed by atoms with van der Waals surface area (Å²) in [6.07, 6.45) is 4.03. The Hall–Kier alpha value is -1.09. The van der Waals surface area contributed by atoms with E-state index in [1.807, 2.05) is 30.3 Å². The molecule has 0 unspecified atom stereocenters. The van der Waals surface area contributed by atoms with Crippen molar-refractivity contribution < 1.29 is 9.53 Å². The number of halogens is 1. The highest BCUT2D eigenvalue weighted by molar-refractivity contribution is 9.08. The minimum absolute atomic E-state index is 0.219. The van der Waals surface area contributed by atoms with Gasteiger partial charge < -0.3 is 4.74 Å². The molecule has 2 nitrogen and oxygen atoms in total. The van der Waals surface area contributed by atoms with E-state index in [-0.39, 0.29) is 5.97 Å². The summed E-state index contributed by atoms with van der Waals surface area (Å²) in [7, 11) is 1.39. The molecule has 0 aliphatic rings. The Labute approximate surface area is 98.1 Å². The fraction of sp³-hybridized carbons (Fsp3) is 0.250. The summed E-state index contributed by atoms with van der Waals surface area (Å²) in [5.74, 6) is -0.219. The molecule has 0 bridgehead atoms. The molecule has 1 rings (SSSR count). The first kappa shape index (κ1) is 12.0. The lowest BCUT2D eigenvalue weighted by Gasteiger charge is -1.96. The number of benzene rings is 1. The van der Waals surface area contributed by atoms with Crippen LogP contribution < -0.4 is 0 Å². The molecule has 0 amide bonds. The average molecular weight is 269 g/mol. The van der Waals surface area contributed by atoms with Gasteiger partial charge in [-0.15, -0.1) is 0 Å². The molecule has 0 radical (unpaired) electrons. The summed E-state index contributed by atoms with van der Waals surface area (Å²) in [5.41, 5.74) is 2.32. The number of carbonyl (C=O) groups is 1. The molecule has 3 heteroatoms. The van der Waals surface area contributed by atoms with Crippen molar-refractivity contribution in [2.24, 2.45) is 0 Å². The second-order valence-electron chi connectivity index (χ2n) is 3.06. The average Bonchev–Trinajstić information content (AvgIpc) is 2.29. The molecule has 15 heavy (non-hydrogen) atoms. The summed E-state index contributed by atoms with van der Waals surface area (Å²) in [5, 5.41) is 0.860. The number of esters is 1. The number of alkyl halides is 1. The summed E-state index contributed by atoms with van der Waals surface area (Å²) in [4.78, 5) is 10.8. The first-order valence-corrected chi connectivity index (χ1v) is 5.76. The van der Waals surface area contributed by atoms with Gasteiger partial charge in [-0.3, -0.25) is 4.79 Å². The topological polar surface area (TPSA) is 26.3 Å². The molecule has 80 valence electrons. The van der Waals surface area contributed by atoms with E-state index in [1.165, 1.54) is 12.7 Å². The van der Waals surface area contributed by atoms with E-state index in [1.54, 1.807) is 6.08 Å². The Kier molecular flexibility index (Phi) is 5.12. The van der Waals surface area contributed by atoms with Gasteiger partial charge >= 0.3 is 5.97 Å². The van der Waals surface area contributed by atoms with E-state index in [0.717, 1.165) is 10.9 Å². The maximum atomic E-state index is 10.8. The SMILES string of the molecule is COC(=O)CC=Cc1ccc(CBr)cc1. The van der Waals surface area contributed by atoms with Crippen molar-refractivity contribution in [3.8, 4) is 0 Å². The van der Waals surface area contributed by atoms with Crippen LogP contribution in [0.4, 0.5) is 0 Å². The van der Waals surface area contributed by atoms with Crippen LogP contribution in [0, 0.1) is 0 Å². The van der Waals surface area contributed by atoms with E-state index in [0.29, 0.717) is 6.42 Å². The molecule has 0 saturated heterocycles. The van der Waals surface area contributed by atoms with Crippen LogP contribution in [-0.4, -0.2) is 13.1 Å². The molecule has 1 aromatic carbocycles. The summed E-state index contributed by atoms with van der Waals surface area (Å²) in [6.45, 7) is 0. The zero-order valence-electron chi connectivity index (χ0n) is 8.57. The van der Waals surface area contributed by atoms with Crippen LogP contribution in [0.25, 0.3) is 6.08 Å². The van der Waals surface area contributed by atoms with Crippen molar-refractivity contribution in [3.05, 3.63) is 41.5 Å². The third kappa shape index (κ3) is 4.30. The van der Waals surface area contributed by atoms with E-state index in [2.05, 4.69) is 20.7 Å². The predicted octanol–water partition coefficient (Wildman–Crippen LogP) is 3.16. The lowest BCUT2D eigenvalue weighted by molar-refractivity contribution is -0.139. The fourth-order valence-electron chi connectivity index (χ4n) is 1.09. The lowest BCUT2D eigenvalue weighted by Crippen LogP contribution is -1.96. The van der Waals surface area contributed by atoms with Crippen LogP contribution >= 0.6 is 15.9 Å². The van der Waals surface area contributed by atoms with Crippen molar-refractivity contribution in [1.82, 2.24) is 0 Å². The first-order chi connectivity index (χ1) is 7.26. The van der Waals surface area contributed by atoms with Gasteiger partial charge in [0.2, 0.25) is 0 Å². The van der Waals surface area contributed by atoms with Gasteiger partial charge in [-0.2, -0.15) is 0 Å². The first-order valence-electron chi connectivity index (χ1n) is 4.64. The maximum absolute atomic E-state index is 10.8. The molecule has 0 aromatic heterocycles. The second-order valence-corrected chi connectivity index (χ2v) is 3.62. The lowest BCUT2D eigenvalue weighted by atomic mass is 10.1. The van der Waals surface area contributed by atoms with Crippen LogP contribution in [0.1, 0.15) is 17.5 Å². The monoisotopic (exact) mass is 268 g/mol. The van der Waals surface area contributed by atoms with Gasteiger partial charge in [-0.05, 0) is 11.1 Å². The van der Waals surface area contributed by atoms with Crippen molar-refractivity contribution >= 4 is 28.0 Å². The van der Waals surface area contributed by atoms with E-state index in [9.17, 15) is 4.79 Å². The zero-order valence-corrected chi connectivity index (χ0v) is 10.2. The Morgan fingerprint density at radius 2 is 2.07 bits per heavy atom. The van der Waals surface area contributed by atoms with Crippen LogP contribution in [0.2, 0.25) is 0 Å². The standard InChI is InChI=1S/C12H13BrO2/c1-15-12(14)4-2-3-10-5-7-11(9-13)8-6-10/h2-3,5-8H,4,9H2,1H3. The predicted molar refractivity (Wildman–Crippen MR) is 64.7 cm³/mol. The maximum Gasteiger partial charge on any atom is 0.309 e. The minimum Gasteiger partial charge on any atom is -0.469 e. The van der Waals surface area contributed by atoms with Crippen LogP contribution in [-0.2, 0) is 14.9 Å². The molecule has 0 saturated carbocycles. The molecule has 0 fully saturated rings. The Morgan fingerprint density at radius 3 is 2.60 bits per heavy atom. The van der Waals surface area contributed by atoms with Crippen LogP contribution in [0.15, 0.2) is 30.3 Å². The van der Waals surface area contributed by atoms with Gasteiger partial charge in [0.25, 0.3) is 0 Å². The molecular formula is C12H13BrO2. The third-order valence-corrected chi connectivity index (χ3v) is 2.60. The van der Waals surface area contributed by atoms with Crippen molar-refractivity contribution in [1.29, 1.82) is 0 Å². The number of ether oxygens (including phenoxy) is 1. The van der Waals surface area contributed by atoms with Crippen molar-refractivity contribution in [2.75, 3.05) is 7.11 Å². The van der Waals surface area contributed by atoms with Crippen LogP contribution in [0.3, 0.4) is 0 Å². The van der Waals surface area contributed by atoms with E-state index < -0.39 is 0 Å². The molecule has 0 spiro atoms. The van der Waals surface area contributed by atoms with Gasteiger partial charge in [0.15, 0.2) is 0 Å². The Bertz CT molecular complexity index is 341. The van der Waals surface area contributed by atoms with E-state index >= 15 is 0 Å². The van der Waals surface area contributed by atoms with Gasteiger partial charge in [-0.1, -0.05) is 52.3 Å². The number of carbonyl (C=O) groups excluding carboxylic acids is 1. The molecule has 0 atom stereocenters. The van der Waals surface area contributed by atoms with Gasteiger partial charge in [0.1, 0.15) is 0 Å². The number of hydrogen-bond acceptors (Lipinski definition) is 2. The normalized spacial score (nSPS) is 10.5. The molecule has 0 aliphatic carbocycles. The van der Waals surface area contributed by atoms with Crippen molar-refractivity contribution in [3.63, 3.8) is 0 Å². The smallest absolute Gasteiger partial charge is 0.309 e. The van der Waals surface area contributed by atoms with Gasteiger partial charge in [0, 0.05) is 5.33 Å². The van der Waals surface area contributed by atoms with E-state index in [4.69, 9.17) is 0 Å².